The van der Waals surface area contributed by atoms with Gasteiger partial charge in [-0.2, -0.15) is 0 Å². The van der Waals surface area contributed by atoms with Crippen molar-refractivity contribution in [1.82, 2.24) is 10.1 Å². The minimum absolute atomic E-state index is 0.257. The van der Waals surface area contributed by atoms with E-state index in [4.69, 9.17) is 5.84 Å². The number of phenolic OH excluding ortho intramolecular Hbond substituents is 1. The Kier molecular flexibility index (Phi) is 4.34. The van der Waals surface area contributed by atoms with Crippen LogP contribution in [0, 0.1) is 0 Å². The Morgan fingerprint density at radius 2 is 1.88 bits per heavy atom. The van der Waals surface area contributed by atoms with Crippen LogP contribution in [-0.2, 0) is 0 Å². The third-order valence-electron chi connectivity index (χ3n) is 2.24. The zero-order valence-electron chi connectivity index (χ0n) is 10.0. The number of benzene rings is 1. The predicted molar refractivity (Wildman–Crippen MR) is 66.1 cm³/mol. The van der Waals surface area contributed by atoms with E-state index in [1.165, 1.54) is 0 Å². The van der Waals surface area contributed by atoms with Gasteiger partial charge in [-0.3, -0.25) is 0 Å². The van der Waals surface area contributed by atoms with Gasteiger partial charge in [-0.15, -0.1) is 0 Å². The molecular formula is C12H19N3O. The van der Waals surface area contributed by atoms with E-state index in [1.54, 1.807) is 22.3 Å². The van der Waals surface area contributed by atoms with Crippen molar-refractivity contribution < 1.29 is 5.11 Å². The van der Waals surface area contributed by atoms with E-state index in [0.717, 1.165) is 17.7 Å². The van der Waals surface area contributed by atoms with Gasteiger partial charge in [0.05, 0.1) is 5.70 Å². The summed E-state index contributed by atoms with van der Waals surface area (Å²) in [5.74, 6) is 6.20. The van der Waals surface area contributed by atoms with Gasteiger partial charge in [0, 0.05) is 19.7 Å². The van der Waals surface area contributed by atoms with Crippen molar-refractivity contribution in [3.05, 3.63) is 35.9 Å². The van der Waals surface area contributed by atoms with Crippen molar-refractivity contribution in [3.63, 3.8) is 0 Å². The average molecular weight is 221 g/mol. The number of hydrazine groups is 2. The predicted octanol–water partition coefficient (Wildman–Crippen LogP) is 1.80. The fourth-order valence-corrected chi connectivity index (χ4v) is 1.38. The van der Waals surface area contributed by atoms with Gasteiger partial charge in [0.1, 0.15) is 5.75 Å². The maximum absolute atomic E-state index is 9.24. The molecule has 0 spiro atoms. The lowest BCUT2D eigenvalue weighted by Crippen LogP contribution is -2.41. The normalized spacial score (nSPS) is 11.9. The van der Waals surface area contributed by atoms with E-state index in [1.807, 2.05) is 32.3 Å². The summed E-state index contributed by atoms with van der Waals surface area (Å²) in [5, 5.41) is 12.6. The van der Waals surface area contributed by atoms with E-state index in [2.05, 4.69) is 6.92 Å². The Morgan fingerprint density at radius 3 is 2.31 bits per heavy atom. The van der Waals surface area contributed by atoms with Gasteiger partial charge in [-0.25, -0.2) is 16.0 Å². The highest BCUT2D eigenvalue weighted by Gasteiger charge is 2.09. The molecule has 0 aromatic heterocycles. The van der Waals surface area contributed by atoms with E-state index >= 15 is 0 Å². The molecule has 1 aromatic carbocycles. The number of hydrogen-bond donors (Lipinski definition) is 2. The van der Waals surface area contributed by atoms with Crippen LogP contribution >= 0.6 is 0 Å². The average Bonchev–Trinajstić information content (AvgIpc) is 2.26. The standard InChI is InChI=1S/C12H19N3O/c1-4-5-12(15(13)14(2)3)10-6-8-11(16)9-7-10/h5-9,16H,4,13H2,1-3H3/b12-5-. The maximum Gasteiger partial charge on any atom is 0.115 e. The molecule has 0 amide bonds. The number of aromatic hydroxyl groups is 1. The minimum Gasteiger partial charge on any atom is -0.508 e. The van der Waals surface area contributed by atoms with Crippen molar-refractivity contribution in [2.45, 2.75) is 13.3 Å². The molecule has 0 aliphatic heterocycles. The Balaban J connectivity index is 3.03. The van der Waals surface area contributed by atoms with Crippen LogP contribution in [0.3, 0.4) is 0 Å². The molecule has 0 radical (unpaired) electrons. The highest BCUT2D eigenvalue weighted by molar-refractivity contribution is 5.63. The molecule has 0 heterocycles. The zero-order chi connectivity index (χ0) is 12.1. The summed E-state index contributed by atoms with van der Waals surface area (Å²) in [5.41, 5.74) is 1.91. The molecule has 3 N–H and O–H groups in total. The second-order valence-electron chi connectivity index (χ2n) is 3.74. The molecule has 0 unspecified atom stereocenters. The Morgan fingerprint density at radius 1 is 1.31 bits per heavy atom. The quantitative estimate of drug-likeness (QED) is 0.601. The summed E-state index contributed by atoms with van der Waals surface area (Å²) < 4.78 is 0. The first-order chi connectivity index (χ1) is 7.56. The van der Waals surface area contributed by atoms with E-state index < -0.39 is 0 Å². The molecule has 0 atom stereocenters. The third-order valence-corrected chi connectivity index (χ3v) is 2.24. The SMILES string of the molecule is CC/C=C(/c1ccc(O)cc1)N(N)N(C)C. The number of nitrogens with zero attached hydrogens (tertiary/aromatic N) is 2. The van der Waals surface area contributed by atoms with Crippen LogP contribution in [0.15, 0.2) is 30.3 Å². The second-order valence-corrected chi connectivity index (χ2v) is 3.74. The molecule has 1 aromatic rings. The van der Waals surface area contributed by atoms with Crippen LogP contribution in [0.25, 0.3) is 5.70 Å². The van der Waals surface area contributed by atoms with Crippen LogP contribution in [-0.4, -0.2) is 29.3 Å². The lowest BCUT2D eigenvalue weighted by Gasteiger charge is -2.28. The molecule has 0 aliphatic rings. The molecule has 1 rings (SSSR count). The monoisotopic (exact) mass is 221 g/mol. The number of rotatable bonds is 4. The van der Waals surface area contributed by atoms with Gasteiger partial charge in [-0.1, -0.05) is 13.0 Å². The van der Waals surface area contributed by atoms with Crippen LogP contribution < -0.4 is 5.84 Å². The molecule has 0 bridgehead atoms. The Hall–Kier alpha value is -1.52. The van der Waals surface area contributed by atoms with E-state index in [0.29, 0.717) is 0 Å². The first-order valence-corrected chi connectivity index (χ1v) is 5.28. The van der Waals surface area contributed by atoms with Crippen LogP contribution in [0.5, 0.6) is 5.75 Å². The molecular weight excluding hydrogens is 202 g/mol. The molecule has 16 heavy (non-hydrogen) atoms. The van der Waals surface area contributed by atoms with Gasteiger partial charge < -0.3 is 5.11 Å². The number of phenols is 1. The second kappa shape index (κ2) is 5.53. The first kappa shape index (κ1) is 12.5. The largest absolute Gasteiger partial charge is 0.508 e. The summed E-state index contributed by atoms with van der Waals surface area (Å²) in [7, 11) is 3.76. The van der Waals surface area contributed by atoms with Crippen molar-refractivity contribution in [2.75, 3.05) is 14.1 Å². The maximum atomic E-state index is 9.24. The van der Waals surface area contributed by atoms with Gasteiger partial charge in [-0.05, 0) is 30.7 Å². The van der Waals surface area contributed by atoms with Gasteiger partial charge >= 0.3 is 0 Å². The Labute approximate surface area is 96.5 Å². The van der Waals surface area contributed by atoms with Crippen molar-refractivity contribution in [2.24, 2.45) is 5.84 Å². The summed E-state index contributed by atoms with van der Waals surface area (Å²) in [4.78, 5) is 0. The fraction of sp³-hybridized carbons (Fsp3) is 0.333. The highest BCUT2D eigenvalue weighted by Crippen LogP contribution is 2.20. The lowest BCUT2D eigenvalue weighted by molar-refractivity contribution is 0.0975. The van der Waals surface area contributed by atoms with Crippen molar-refractivity contribution in [1.29, 1.82) is 0 Å². The van der Waals surface area contributed by atoms with E-state index in [-0.39, 0.29) is 5.75 Å². The van der Waals surface area contributed by atoms with Crippen molar-refractivity contribution in [3.8, 4) is 5.75 Å². The third kappa shape index (κ3) is 2.98. The van der Waals surface area contributed by atoms with Gasteiger partial charge in [0.2, 0.25) is 0 Å². The molecule has 0 saturated carbocycles. The first-order valence-electron chi connectivity index (χ1n) is 5.28. The molecule has 0 saturated heterocycles. The number of nitrogens with two attached hydrogens (primary N) is 1. The fourth-order valence-electron chi connectivity index (χ4n) is 1.38. The summed E-state index contributed by atoms with van der Waals surface area (Å²) in [6.45, 7) is 2.06. The highest BCUT2D eigenvalue weighted by atomic mass is 16.3. The molecule has 0 aliphatic carbocycles. The van der Waals surface area contributed by atoms with E-state index in [9.17, 15) is 5.11 Å². The number of allylic oxidation sites excluding steroid dienone is 1. The van der Waals surface area contributed by atoms with Crippen LogP contribution in [0.4, 0.5) is 0 Å². The summed E-state index contributed by atoms with van der Waals surface area (Å²) in [6, 6.07) is 7.01. The molecule has 0 fully saturated rings. The molecule has 88 valence electrons. The molecule has 4 heteroatoms. The van der Waals surface area contributed by atoms with Crippen molar-refractivity contribution >= 4 is 5.70 Å². The molecule has 4 nitrogen and oxygen atoms in total. The lowest BCUT2D eigenvalue weighted by atomic mass is 10.1. The summed E-state index contributed by atoms with van der Waals surface area (Å²) >= 11 is 0. The van der Waals surface area contributed by atoms with Crippen LogP contribution in [0.2, 0.25) is 0 Å². The smallest absolute Gasteiger partial charge is 0.115 e. The summed E-state index contributed by atoms with van der Waals surface area (Å²) in [6.07, 6.45) is 2.95. The number of hydrogen-bond acceptors (Lipinski definition) is 4. The topological polar surface area (TPSA) is 52.7 Å². The van der Waals surface area contributed by atoms with Crippen LogP contribution in [0.1, 0.15) is 18.9 Å². The zero-order valence-corrected chi connectivity index (χ0v) is 10.0. The Bertz CT molecular complexity index is 357. The van der Waals surface area contributed by atoms with Gasteiger partial charge in [0.15, 0.2) is 0 Å². The van der Waals surface area contributed by atoms with Gasteiger partial charge in [0.25, 0.3) is 0 Å². The minimum atomic E-state index is 0.257.